The van der Waals surface area contributed by atoms with E-state index in [2.05, 4.69) is 37.1 Å². The van der Waals surface area contributed by atoms with Crippen LogP contribution in [0.1, 0.15) is 44.9 Å². The molecular weight excluding hydrogens is 252 g/mol. The Bertz CT molecular complexity index is 426. The molecule has 0 aliphatic carbocycles. The van der Waals surface area contributed by atoms with Crippen molar-refractivity contribution >= 4 is 0 Å². The van der Waals surface area contributed by atoms with Gasteiger partial charge in [-0.3, -0.25) is 0 Å². The zero-order valence-electron chi connectivity index (χ0n) is 13.0. The van der Waals surface area contributed by atoms with Crippen LogP contribution in [0.25, 0.3) is 0 Å². The number of rotatable bonds is 5. The second-order valence-corrected chi connectivity index (χ2v) is 5.66. The first-order valence-electron chi connectivity index (χ1n) is 7.57. The minimum absolute atomic E-state index is 0.204. The standard InChI is InChI=1S/C16H26N2O2/c1-5-14-8-13(10-17-4)9-16(18-14)20-15-6-11(2)19-12(3)7-15/h8-9,11-12,15,17H,5-7,10H2,1-4H3. The van der Waals surface area contributed by atoms with Crippen LogP contribution in [0.3, 0.4) is 0 Å². The third kappa shape index (κ3) is 4.18. The average molecular weight is 278 g/mol. The van der Waals surface area contributed by atoms with E-state index in [9.17, 15) is 0 Å². The molecule has 2 heterocycles. The number of nitrogens with one attached hydrogen (secondary N) is 1. The van der Waals surface area contributed by atoms with E-state index in [1.54, 1.807) is 0 Å². The molecule has 20 heavy (non-hydrogen) atoms. The Labute approximate surface area is 121 Å². The Hall–Kier alpha value is -1.13. The molecule has 0 saturated carbocycles. The van der Waals surface area contributed by atoms with Gasteiger partial charge in [0.1, 0.15) is 6.10 Å². The molecule has 0 amide bonds. The normalized spacial score (nSPS) is 26.5. The summed E-state index contributed by atoms with van der Waals surface area (Å²) >= 11 is 0. The second-order valence-electron chi connectivity index (χ2n) is 5.66. The number of ether oxygens (including phenoxy) is 2. The first-order valence-corrected chi connectivity index (χ1v) is 7.57. The molecule has 1 aromatic rings. The van der Waals surface area contributed by atoms with Gasteiger partial charge in [0.2, 0.25) is 5.88 Å². The van der Waals surface area contributed by atoms with Crippen molar-refractivity contribution in [2.45, 2.75) is 64.9 Å². The first kappa shape index (κ1) is 15.3. The van der Waals surface area contributed by atoms with Gasteiger partial charge in [-0.05, 0) is 38.9 Å². The van der Waals surface area contributed by atoms with Gasteiger partial charge in [-0.25, -0.2) is 4.98 Å². The van der Waals surface area contributed by atoms with Crippen molar-refractivity contribution < 1.29 is 9.47 Å². The van der Waals surface area contributed by atoms with Gasteiger partial charge in [-0.2, -0.15) is 0 Å². The lowest BCUT2D eigenvalue weighted by atomic mass is 10.0. The predicted molar refractivity (Wildman–Crippen MR) is 80.0 cm³/mol. The van der Waals surface area contributed by atoms with E-state index >= 15 is 0 Å². The van der Waals surface area contributed by atoms with Crippen molar-refractivity contribution in [3.05, 3.63) is 23.4 Å². The van der Waals surface area contributed by atoms with E-state index in [1.165, 1.54) is 5.56 Å². The fraction of sp³-hybridized carbons (Fsp3) is 0.688. The summed E-state index contributed by atoms with van der Waals surface area (Å²) < 4.78 is 11.9. The number of aryl methyl sites for hydroxylation is 1. The molecule has 1 aliphatic rings. The molecule has 0 spiro atoms. The van der Waals surface area contributed by atoms with E-state index in [4.69, 9.17) is 9.47 Å². The van der Waals surface area contributed by atoms with E-state index in [1.807, 2.05) is 13.1 Å². The number of nitrogens with zero attached hydrogens (tertiary/aromatic N) is 1. The van der Waals surface area contributed by atoms with Crippen molar-refractivity contribution in [1.29, 1.82) is 0 Å². The maximum Gasteiger partial charge on any atom is 0.214 e. The van der Waals surface area contributed by atoms with Gasteiger partial charge in [-0.15, -0.1) is 0 Å². The lowest BCUT2D eigenvalue weighted by Crippen LogP contribution is -2.35. The summed E-state index contributed by atoms with van der Waals surface area (Å²) in [6.07, 6.45) is 3.52. The molecule has 1 aliphatic heterocycles. The molecule has 0 radical (unpaired) electrons. The molecule has 2 unspecified atom stereocenters. The SMILES string of the molecule is CCc1cc(CNC)cc(OC2CC(C)OC(C)C2)n1. The van der Waals surface area contributed by atoms with Gasteiger partial charge >= 0.3 is 0 Å². The number of aromatic nitrogens is 1. The summed E-state index contributed by atoms with van der Waals surface area (Å²) in [4.78, 5) is 4.59. The van der Waals surface area contributed by atoms with Crippen molar-refractivity contribution in [1.82, 2.24) is 10.3 Å². The fourth-order valence-corrected chi connectivity index (χ4v) is 2.78. The predicted octanol–water partition coefficient (Wildman–Crippen LogP) is 2.70. The van der Waals surface area contributed by atoms with E-state index in [-0.39, 0.29) is 18.3 Å². The summed E-state index contributed by atoms with van der Waals surface area (Å²) in [5.41, 5.74) is 2.31. The first-order chi connectivity index (χ1) is 9.60. The molecule has 4 nitrogen and oxygen atoms in total. The quantitative estimate of drug-likeness (QED) is 0.899. The Morgan fingerprint density at radius 1 is 1.30 bits per heavy atom. The molecular formula is C16H26N2O2. The van der Waals surface area contributed by atoms with Gasteiger partial charge in [0, 0.05) is 31.1 Å². The smallest absolute Gasteiger partial charge is 0.214 e. The highest BCUT2D eigenvalue weighted by Gasteiger charge is 2.26. The van der Waals surface area contributed by atoms with Crippen LogP contribution in [-0.4, -0.2) is 30.3 Å². The fourth-order valence-electron chi connectivity index (χ4n) is 2.78. The molecule has 112 valence electrons. The summed E-state index contributed by atoms with van der Waals surface area (Å²) in [6, 6.07) is 4.18. The van der Waals surface area contributed by atoms with Gasteiger partial charge in [0.15, 0.2) is 0 Å². The number of pyridine rings is 1. The van der Waals surface area contributed by atoms with Crippen LogP contribution in [0.5, 0.6) is 5.88 Å². The monoisotopic (exact) mass is 278 g/mol. The molecule has 4 heteroatoms. The van der Waals surface area contributed by atoms with Crippen LogP contribution in [0.2, 0.25) is 0 Å². The molecule has 0 bridgehead atoms. The highest BCUT2D eigenvalue weighted by atomic mass is 16.5. The van der Waals surface area contributed by atoms with Crippen molar-refractivity contribution in [2.24, 2.45) is 0 Å². The summed E-state index contributed by atoms with van der Waals surface area (Å²) in [6.45, 7) is 7.17. The Kier molecular flexibility index (Phi) is 5.38. The minimum Gasteiger partial charge on any atom is -0.474 e. The van der Waals surface area contributed by atoms with Crippen molar-refractivity contribution in [3.8, 4) is 5.88 Å². The highest BCUT2D eigenvalue weighted by Crippen LogP contribution is 2.24. The molecule has 1 aromatic heterocycles. The molecule has 1 N–H and O–H groups in total. The third-order valence-electron chi connectivity index (χ3n) is 3.60. The Balaban J connectivity index is 2.09. The van der Waals surface area contributed by atoms with Gasteiger partial charge in [-0.1, -0.05) is 6.92 Å². The summed E-state index contributed by atoms with van der Waals surface area (Å²) in [7, 11) is 1.95. The van der Waals surface area contributed by atoms with Crippen LogP contribution in [0, 0.1) is 0 Å². The van der Waals surface area contributed by atoms with Crippen LogP contribution in [0.15, 0.2) is 12.1 Å². The maximum atomic E-state index is 6.11. The zero-order chi connectivity index (χ0) is 14.5. The highest BCUT2D eigenvalue weighted by molar-refractivity contribution is 5.25. The lowest BCUT2D eigenvalue weighted by Gasteiger charge is -2.32. The lowest BCUT2D eigenvalue weighted by molar-refractivity contribution is -0.0730. The zero-order valence-corrected chi connectivity index (χ0v) is 13.0. The molecule has 2 rings (SSSR count). The van der Waals surface area contributed by atoms with Crippen LogP contribution < -0.4 is 10.1 Å². The average Bonchev–Trinajstić information content (AvgIpc) is 2.37. The third-order valence-corrected chi connectivity index (χ3v) is 3.60. The molecule has 0 aromatic carbocycles. The van der Waals surface area contributed by atoms with Crippen LogP contribution in [-0.2, 0) is 17.7 Å². The molecule has 1 saturated heterocycles. The van der Waals surface area contributed by atoms with E-state index < -0.39 is 0 Å². The van der Waals surface area contributed by atoms with E-state index in [0.29, 0.717) is 0 Å². The number of hydrogen-bond acceptors (Lipinski definition) is 4. The molecule has 2 atom stereocenters. The molecule has 1 fully saturated rings. The van der Waals surface area contributed by atoms with Crippen molar-refractivity contribution in [3.63, 3.8) is 0 Å². The van der Waals surface area contributed by atoms with Gasteiger partial charge < -0.3 is 14.8 Å². The van der Waals surface area contributed by atoms with Crippen molar-refractivity contribution in [2.75, 3.05) is 7.05 Å². The summed E-state index contributed by atoms with van der Waals surface area (Å²) in [5.74, 6) is 0.751. The van der Waals surface area contributed by atoms with Gasteiger partial charge in [0.25, 0.3) is 0 Å². The van der Waals surface area contributed by atoms with Crippen LogP contribution in [0.4, 0.5) is 0 Å². The van der Waals surface area contributed by atoms with Crippen LogP contribution >= 0.6 is 0 Å². The van der Waals surface area contributed by atoms with E-state index in [0.717, 1.165) is 37.4 Å². The summed E-state index contributed by atoms with van der Waals surface area (Å²) in [5, 5.41) is 3.18. The Morgan fingerprint density at radius 3 is 2.60 bits per heavy atom. The Morgan fingerprint density at radius 2 is 2.00 bits per heavy atom. The largest absolute Gasteiger partial charge is 0.474 e. The number of hydrogen-bond donors (Lipinski definition) is 1. The van der Waals surface area contributed by atoms with Gasteiger partial charge in [0.05, 0.1) is 12.2 Å². The maximum absolute atomic E-state index is 6.11. The second kappa shape index (κ2) is 7.04. The topological polar surface area (TPSA) is 43.4 Å². The minimum atomic E-state index is 0.204.